The van der Waals surface area contributed by atoms with Crippen molar-refractivity contribution >= 4 is 0 Å². The number of hydrogen-bond donors (Lipinski definition) is 1. The summed E-state index contributed by atoms with van der Waals surface area (Å²) >= 11 is 0. The second-order valence-electron chi connectivity index (χ2n) is 5.91. The van der Waals surface area contributed by atoms with Crippen molar-refractivity contribution in [2.75, 3.05) is 13.1 Å². The first-order chi connectivity index (χ1) is 8.50. The van der Waals surface area contributed by atoms with Gasteiger partial charge >= 0.3 is 0 Å². The molecule has 0 aliphatic carbocycles. The molecule has 1 rings (SSSR count). The van der Waals surface area contributed by atoms with Crippen molar-refractivity contribution in [1.82, 2.24) is 20.1 Å². The van der Waals surface area contributed by atoms with Crippen molar-refractivity contribution in [2.24, 2.45) is 11.8 Å². The van der Waals surface area contributed by atoms with E-state index < -0.39 is 0 Å². The predicted octanol–water partition coefficient (Wildman–Crippen LogP) is 2.67. The van der Waals surface area contributed by atoms with Crippen LogP contribution in [0.25, 0.3) is 0 Å². The largest absolute Gasteiger partial charge is 0.316 e. The molecule has 0 fully saturated rings. The Morgan fingerprint density at radius 3 is 2.56 bits per heavy atom. The number of hydrogen-bond acceptors (Lipinski definition) is 3. The first kappa shape index (κ1) is 15.2. The highest BCUT2D eigenvalue weighted by Gasteiger charge is 2.11. The Kier molecular flexibility index (Phi) is 6.33. The lowest BCUT2D eigenvalue weighted by Gasteiger charge is -2.14. The zero-order valence-corrected chi connectivity index (χ0v) is 12.5. The topological polar surface area (TPSA) is 42.7 Å². The van der Waals surface area contributed by atoms with Crippen LogP contribution < -0.4 is 5.32 Å². The van der Waals surface area contributed by atoms with Gasteiger partial charge in [0.2, 0.25) is 0 Å². The summed E-state index contributed by atoms with van der Waals surface area (Å²) in [6.45, 7) is 13.3. The highest BCUT2D eigenvalue weighted by molar-refractivity contribution is 4.88. The van der Waals surface area contributed by atoms with Crippen molar-refractivity contribution in [1.29, 1.82) is 0 Å². The van der Waals surface area contributed by atoms with Crippen LogP contribution in [0.2, 0.25) is 0 Å². The smallest absolute Gasteiger partial charge is 0.138 e. The van der Waals surface area contributed by atoms with Gasteiger partial charge in [0.15, 0.2) is 0 Å². The molecular formula is C14H28N4. The van der Waals surface area contributed by atoms with Crippen LogP contribution in [0.1, 0.15) is 52.9 Å². The molecule has 4 heteroatoms. The van der Waals surface area contributed by atoms with Crippen molar-refractivity contribution in [3.63, 3.8) is 0 Å². The molecule has 0 amide bonds. The molecule has 1 N–H and O–H groups in total. The SMILES string of the molecule is CC(C)CNCCC(C)Cc1ncnn1C(C)C. The molecule has 0 saturated heterocycles. The van der Waals surface area contributed by atoms with Crippen molar-refractivity contribution in [2.45, 2.75) is 53.5 Å². The van der Waals surface area contributed by atoms with Gasteiger partial charge in [-0.15, -0.1) is 0 Å². The van der Waals surface area contributed by atoms with Crippen LogP contribution in [-0.2, 0) is 6.42 Å². The van der Waals surface area contributed by atoms with Crippen molar-refractivity contribution < 1.29 is 0 Å². The predicted molar refractivity (Wildman–Crippen MR) is 75.6 cm³/mol. The fraction of sp³-hybridized carbons (Fsp3) is 0.857. The van der Waals surface area contributed by atoms with Gasteiger partial charge in [-0.3, -0.25) is 0 Å². The minimum absolute atomic E-state index is 0.397. The number of aromatic nitrogens is 3. The molecule has 0 radical (unpaired) electrons. The minimum atomic E-state index is 0.397. The zero-order chi connectivity index (χ0) is 13.5. The molecule has 18 heavy (non-hydrogen) atoms. The molecule has 1 aromatic rings. The maximum absolute atomic E-state index is 4.37. The number of nitrogens with one attached hydrogen (secondary N) is 1. The van der Waals surface area contributed by atoms with E-state index in [4.69, 9.17) is 0 Å². The van der Waals surface area contributed by atoms with E-state index in [0.29, 0.717) is 12.0 Å². The molecule has 0 aliphatic heterocycles. The van der Waals surface area contributed by atoms with E-state index in [-0.39, 0.29) is 0 Å². The quantitative estimate of drug-likeness (QED) is 0.723. The highest BCUT2D eigenvalue weighted by Crippen LogP contribution is 2.12. The summed E-state index contributed by atoms with van der Waals surface area (Å²) in [5.74, 6) is 2.48. The summed E-state index contributed by atoms with van der Waals surface area (Å²) in [5.41, 5.74) is 0. The summed E-state index contributed by atoms with van der Waals surface area (Å²) in [6.07, 6.45) is 3.87. The summed E-state index contributed by atoms with van der Waals surface area (Å²) in [4.78, 5) is 4.37. The zero-order valence-electron chi connectivity index (χ0n) is 12.5. The van der Waals surface area contributed by atoms with Crippen LogP contribution in [0.5, 0.6) is 0 Å². The third-order valence-electron chi connectivity index (χ3n) is 3.03. The molecule has 4 nitrogen and oxygen atoms in total. The Labute approximate surface area is 111 Å². The van der Waals surface area contributed by atoms with E-state index in [9.17, 15) is 0 Å². The lowest BCUT2D eigenvalue weighted by Crippen LogP contribution is -2.23. The van der Waals surface area contributed by atoms with E-state index in [1.807, 2.05) is 4.68 Å². The van der Waals surface area contributed by atoms with E-state index in [0.717, 1.165) is 31.3 Å². The minimum Gasteiger partial charge on any atom is -0.316 e. The molecular weight excluding hydrogens is 224 g/mol. The molecule has 0 spiro atoms. The third kappa shape index (κ3) is 5.17. The fourth-order valence-electron chi connectivity index (χ4n) is 2.00. The average molecular weight is 252 g/mol. The highest BCUT2D eigenvalue weighted by atomic mass is 15.3. The van der Waals surface area contributed by atoms with Gasteiger partial charge in [-0.05, 0) is 45.2 Å². The van der Waals surface area contributed by atoms with Crippen LogP contribution >= 0.6 is 0 Å². The number of nitrogens with zero attached hydrogens (tertiary/aromatic N) is 3. The first-order valence-corrected chi connectivity index (χ1v) is 7.09. The van der Waals surface area contributed by atoms with Gasteiger partial charge in [0.25, 0.3) is 0 Å². The van der Waals surface area contributed by atoms with Crippen LogP contribution in [0.3, 0.4) is 0 Å². The Morgan fingerprint density at radius 2 is 1.94 bits per heavy atom. The average Bonchev–Trinajstić information content (AvgIpc) is 2.72. The monoisotopic (exact) mass is 252 g/mol. The van der Waals surface area contributed by atoms with Crippen LogP contribution in [0.15, 0.2) is 6.33 Å². The summed E-state index contributed by atoms with van der Waals surface area (Å²) < 4.78 is 2.03. The van der Waals surface area contributed by atoms with E-state index in [1.54, 1.807) is 6.33 Å². The van der Waals surface area contributed by atoms with Gasteiger partial charge in [-0.2, -0.15) is 5.10 Å². The third-order valence-corrected chi connectivity index (χ3v) is 3.03. The van der Waals surface area contributed by atoms with Gasteiger partial charge in [0, 0.05) is 12.5 Å². The van der Waals surface area contributed by atoms with Gasteiger partial charge in [0.1, 0.15) is 12.2 Å². The first-order valence-electron chi connectivity index (χ1n) is 7.09. The standard InChI is InChI=1S/C14H28N4/c1-11(2)9-15-7-6-13(5)8-14-16-10-17-18(14)12(3)4/h10-13,15H,6-9H2,1-5H3. The number of rotatable bonds is 8. The molecule has 0 aromatic carbocycles. The maximum atomic E-state index is 4.37. The summed E-state index contributed by atoms with van der Waals surface area (Å²) in [5, 5.41) is 7.77. The Bertz CT molecular complexity index is 330. The van der Waals surface area contributed by atoms with E-state index >= 15 is 0 Å². The Morgan fingerprint density at radius 1 is 1.22 bits per heavy atom. The van der Waals surface area contributed by atoms with Gasteiger partial charge in [-0.25, -0.2) is 9.67 Å². The van der Waals surface area contributed by atoms with E-state index in [2.05, 4.69) is 50.0 Å². The second-order valence-corrected chi connectivity index (χ2v) is 5.91. The van der Waals surface area contributed by atoms with E-state index in [1.165, 1.54) is 6.42 Å². The molecule has 1 aromatic heterocycles. The second kappa shape index (κ2) is 7.52. The molecule has 1 heterocycles. The Balaban J connectivity index is 2.31. The summed E-state index contributed by atoms with van der Waals surface area (Å²) in [7, 11) is 0. The van der Waals surface area contributed by atoms with Crippen LogP contribution in [0.4, 0.5) is 0 Å². The van der Waals surface area contributed by atoms with Gasteiger partial charge < -0.3 is 5.32 Å². The molecule has 1 unspecified atom stereocenters. The van der Waals surface area contributed by atoms with Crippen LogP contribution in [0, 0.1) is 11.8 Å². The van der Waals surface area contributed by atoms with Gasteiger partial charge in [0.05, 0.1) is 0 Å². The molecule has 0 aliphatic rings. The Hall–Kier alpha value is -0.900. The lowest BCUT2D eigenvalue weighted by molar-refractivity contribution is 0.439. The van der Waals surface area contributed by atoms with Crippen molar-refractivity contribution in [3.05, 3.63) is 12.2 Å². The van der Waals surface area contributed by atoms with Crippen LogP contribution in [-0.4, -0.2) is 27.9 Å². The molecule has 0 saturated carbocycles. The maximum Gasteiger partial charge on any atom is 0.138 e. The lowest BCUT2D eigenvalue weighted by atomic mass is 10.0. The fourth-order valence-corrected chi connectivity index (χ4v) is 2.00. The molecule has 104 valence electrons. The molecule has 1 atom stereocenters. The normalized spacial score (nSPS) is 13.5. The molecule has 0 bridgehead atoms. The summed E-state index contributed by atoms with van der Waals surface area (Å²) in [6, 6.07) is 0.397. The van der Waals surface area contributed by atoms with Gasteiger partial charge in [-0.1, -0.05) is 20.8 Å². The van der Waals surface area contributed by atoms with Crippen molar-refractivity contribution in [3.8, 4) is 0 Å².